The number of anilines is 1. The van der Waals surface area contributed by atoms with Gasteiger partial charge in [-0.05, 0) is 36.8 Å². The first-order valence-electron chi connectivity index (χ1n) is 5.79. The first-order valence-corrected chi connectivity index (χ1v) is 5.79. The van der Waals surface area contributed by atoms with Crippen molar-refractivity contribution >= 4 is 11.2 Å². The fourth-order valence-corrected chi connectivity index (χ4v) is 2.38. The quantitative estimate of drug-likeness (QED) is 0.691. The number of nitrogens with two attached hydrogens (primary N) is 1. The Hall–Kier alpha value is -2.29. The van der Waals surface area contributed by atoms with Crippen LogP contribution in [0.5, 0.6) is 0 Å². The fraction of sp³-hybridized carbons (Fsp3) is 0.0667. The Kier molecular flexibility index (Phi) is 2.33. The van der Waals surface area contributed by atoms with Gasteiger partial charge in [0, 0.05) is 17.5 Å². The summed E-state index contributed by atoms with van der Waals surface area (Å²) in [4.78, 5) is 0. The molecule has 2 N–H and O–H groups in total. The van der Waals surface area contributed by atoms with E-state index in [9.17, 15) is 4.39 Å². The number of hydrogen-bond acceptors (Lipinski definition) is 1. The highest BCUT2D eigenvalue weighted by Gasteiger charge is 2.13. The van der Waals surface area contributed by atoms with Gasteiger partial charge in [-0.3, -0.25) is 0 Å². The highest BCUT2D eigenvalue weighted by atomic mass is 19.1. The molecule has 2 aromatic heterocycles. The topological polar surface area (TPSA) is 30.4 Å². The van der Waals surface area contributed by atoms with E-state index in [0.717, 1.165) is 28.0 Å². The van der Waals surface area contributed by atoms with Crippen LogP contribution in [0.2, 0.25) is 0 Å². The molecule has 0 saturated heterocycles. The maximum absolute atomic E-state index is 13.0. The molecule has 0 radical (unpaired) electrons. The zero-order chi connectivity index (χ0) is 12.7. The molecule has 0 atom stereocenters. The van der Waals surface area contributed by atoms with Crippen molar-refractivity contribution < 1.29 is 4.39 Å². The summed E-state index contributed by atoms with van der Waals surface area (Å²) < 4.78 is 15.0. The van der Waals surface area contributed by atoms with Crippen LogP contribution in [0.25, 0.3) is 16.6 Å². The van der Waals surface area contributed by atoms with E-state index in [1.807, 2.05) is 35.7 Å². The van der Waals surface area contributed by atoms with Gasteiger partial charge in [0.2, 0.25) is 0 Å². The van der Waals surface area contributed by atoms with E-state index in [-0.39, 0.29) is 5.82 Å². The number of hydrogen-bond donors (Lipinski definition) is 1. The molecule has 1 aromatic carbocycles. The van der Waals surface area contributed by atoms with Crippen molar-refractivity contribution in [2.75, 3.05) is 5.73 Å². The SMILES string of the molecule is Cc1c(-c2ccc(F)cc2)c(N)c2ccccn12. The van der Waals surface area contributed by atoms with Gasteiger partial charge in [0.05, 0.1) is 11.2 Å². The molecule has 0 fully saturated rings. The number of rotatable bonds is 1. The van der Waals surface area contributed by atoms with Crippen LogP contribution in [0, 0.1) is 12.7 Å². The summed E-state index contributed by atoms with van der Waals surface area (Å²) in [5.74, 6) is -0.237. The molecule has 2 heterocycles. The summed E-state index contributed by atoms with van der Waals surface area (Å²) in [5.41, 5.74) is 10.9. The highest BCUT2D eigenvalue weighted by Crippen LogP contribution is 2.34. The smallest absolute Gasteiger partial charge is 0.123 e. The first-order chi connectivity index (χ1) is 8.68. The summed E-state index contributed by atoms with van der Waals surface area (Å²) >= 11 is 0. The summed E-state index contributed by atoms with van der Waals surface area (Å²) in [6.07, 6.45) is 1.98. The second-order valence-electron chi connectivity index (χ2n) is 4.34. The van der Waals surface area contributed by atoms with Crippen LogP contribution in [-0.4, -0.2) is 4.40 Å². The lowest BCUT2D eigenvalue weighted by atomic mass is 10.0. The maximum Gasteiger partial charge on any atom is 0.123 e. The lowest BCUT2D eigenvalue weighted by Gasteiger charge is -2.02. The van der Waals surface area contributed by atoms with E-state index in [4.69, 9.17) is 5.73 Å². The maximum atomic E-state index is 13.0. The fourth-order valence-electron chi connectivity index (χ4n) is 2.38. The van der Waals surface area contributed by atoms with Gasteiger partial charge in [-0.15, -0.1) is 0 Å². The van der Waals surface area contributed by atoms with Gasteiger partial charge in [-0.1, -0.05) is 18.2 Å². The molecule has 90 valence electrons. The monoisotopic (exact) mass is 240 g/mol. The molecule has 18 heavy (non-hydrogen) atoms. The predicted octanol–water partition coefficient (Wildman–Crippen LogP) is 3.64. The zero-order valence-electron chi connectivity index (χ0n) is 10.0. The van der Waals surface area contributed by atoms with E-state index in [1.54, 1.807) is 12.1 Å². The second kappa shape index (κ2) is 3.88. The van der Waals surface area contributed by atoms with Gasteiger partial charge in [0.1, 0.15) is 5.82 Å². The van der Waals surface area contributed by atoms with Gasteiger partial charge in [0.15, 0.2) is 0 Å². The molecule has 3 rings (SSSR count). The van der Waals surface area contributed by atoms with E-state index < -0.39 is 0 Å². The molecule has 0 bridgehead atoms. The lowest BCUT2D eigenvalue weighted by Crippen LogP contribution is -1.87. The van der Waals surface area contributed by atoms with E-state index >= 15 is 0 Å². The van der Waals surface area contributed by atoms with Gasteiger partial charge in [0.25, 0.3) is 0 Å². The minimum absolute atomic E-state index is 0.237. The van der Waals surface area contributed by atoms with E-state index in [2.05, 4.69) is 0 Å². The third-order valence-electron chi connectivity index (χ3n) is 3.26. The number of benzene rings is 1. The summed E-state index contributed by atoms with van der Waals surface area (Å²) in [7, 11) is 0. The zero-order valence-corrected chi connectivity index (χ0v) is 10.0. The Balaban J connectivity index is 2.32. The molecule has 0 saturated carbocycles. The van der Waals surface area contributed by atoms with Crippen LogP contribution in [0.3, 0.4) is 0 Å². The van der Waals surface area contributed by atoms with Crippen LogP contribution in [0.1, 0.15) is 5.69 Å². The number of nitrogens with zero attached hydrogens (tertiary/aromatic N) is 1. The van der Waals surface area contributed by atoms with Crippen molar-refractivity contribution in [1.82, 2.24) is 4.40 Å². The van der Waals surface area contributed by atoms with Gasteiger partial charge >= 0.3 is 0 Å². The van der Waals surface area contributed by atoms with Crippen molar-refractivity contribution in [1.29, 1.82) is 0 Å². The van der Waals surface area contributed by atoms with Crippen LogP contribution in [0.15, 0.2) is 48.7 Å². The van der Waals surface area contributed by atoms with Crippen LogP contribution < -0.4 is 5.73 Å². The van der Waals surface area contributed by atoms with Crippen LogP contribution in [-0.2, 0) is 0 Å². The number of aryl methyl sites for hydroxylation is 1. The molecule has 0 aliphatic carbocycles. The summed E-state index contributed by atoms with van der Waals surface area (Å²) in [6, 6.07) is 12.3. The second-order valence-corrected chi connectivity index (χ2v) is 4.34. The number of aromatic nitrogens is 1. The average Bonchev–Trinajstić information content (AvgIpc) is 2.64. The van der Waals surface area contributed by atoms with E-state index in [1.165, 1.54) is 12.1 Å². The molecule has 3 heteroatoms. The normalized spacial score (nSPS) is 11.0. The number of halogens is 1. The van der Waals surface area contributed by atoms with Crippen molar-refractivity contribution in [3.8, 4) is 11.1 Å². The average molecular weight is 240 g/mol. The van der Waals surface area contributed by atoms with Crippen LogP contribution in [0.4, 0.5) is 10.1 Å². The number of pyridine rings is 1. The molecule has 0 spiro atoms. The van der Waals surface area contributed by atoms with Crippen LogP contribution >= 0.6 is 0 Å². The molecule has 2 nitrogen and oxygen atoms in total. The minimum atomic E-state index is -0.237. The molecule has 3 aromatic rings. The third-order valence-corrected chi connectivity index (χ3v) is 3.26. The largest absolute Gasteiger partial charge is 0.396 e. The molecule has 0 amide bonds. The molecule has 0 unspecified atom stereocenters. The minimum Gasteiger partial charge on any atom is -0.396 e. The van der Waals surface area contributed by atoms with Gasteiger partial charge < -0.3 is 10.1 Å². The molecular formula is C15H13FN2. The third kappa shape index (κ3) is 1.48. The lowest BCUT2D eigenvalue weighted by molar-refractivity contribution is 0.628. The first kappa shape index (κ1) is 10.8. The van der Waals surface area contributed by atoms with Crippen molar-refractivity contribution in [3.05, 3.63) is 60.2 Å². The van der Waals surface area contributed by atoms with E-state index in [0.29, 0.717) is 0 Å². The van der Waals surface area contributed by atoms with Crippen molar-refractivity contribution in [2.45, 2.75) is 6.92 Å². The summed E-state index contributed by atoms with van der Waals surface area (Å²) in [6.45, 7) is 2.02. The summed E-state index contributed by atoms with van der Waals surface area (Å²) in [5, 5.41) is 0. The number of nitrogen functional groups attached to an aromatic ring is 1. The van der Waals surface area contributed by atoms with Crippen molar-refractivity contribution in [3.63, 3.8) is 0 Å². The Morgan fingerprint density at radius 3 is 2.44 bits per heavy atom. The molecule has 0 aliphatic heterocycles. The Morgan fingerprint density at radius 1 is 1.06 bits per heavy atom. The Labute approximate surface area is 104 Å². The Morgan fingerprint density at radius 2 is 1.78 bits per heavy atom. The molecule has 0 aliphatic rings. The van der Waals surface area contributed by atoms with Crippen molar-refractivity contribution in [2.24, 2.45) is 0 Å². The highest BCUT2D eigenvalue weighted by molar-refractivity contribution is 5.90. The van der Waals surface area contributed by atoms with Gasteiger partial charge in [-0.2, -0.15) is 0 Å². The van der Waals surface area contributed by atoms with Gasteiger partial charge in [-0.25, -0.2) is 4.39 Å². The molecular weight excluding hydrogens is 227 g/mol. The standard InChI is InChI=1S/C15H13FN2/c1-10-14(11-5-7-12(16)8-6-11)15(17)13-4-2-3-9-18(10)13/h2-9H,17H2,1H3. The predicted molar refractivity (Wildman–Crippen MR) is 71.9 cm³/mol. The Bertz CT molecular complexity index is 672. The number of fused-ring (bicyclic) bond motifs is 1.